The maximum Gasteiger partial charge on any atom is 0.261 e. The number of H-pyrrole nitrogens is 2. The Morgan fingerprint density at radius 3 is 2.35 bits per heavy atom. The number of imidazole rings is 1. The zero-order valence-corrected chi connectivity index (χ0v) is 46.7. The lowest BCUT2D eigenvalue weighted by Crippen LogP contribution is -2.48. The summed E-state index contributed by atoms with van der Waals surface area (Å²) in [6.07, 6.45) is 2.00. The SMILES string of the molecule is CCC(C)(CCOC(C)(C)CCC(=O)NCCN1CCN(c2ccc3nc(-c4c(N)c5c(F)cccc5[nH]c4=O)[nH]c3c2)CC1)C(=O)Nc1ccsc1-c1cccc(-c2ccc(CN(C)C(C(=O)NC)c3ccccc3)cc2)c1. The summed E-state index contributed by atoms with van der Waals surface area (Å²) in [5.41, 5.74) is 13.5. The second-order valence-corrected chi connectivity index (χ2v) is 22.3. The van der Waals surface area contributed by atoms with Crippen LogP contribution in [0.15, 0.2) is 132 Å². The number of amides is 3. The minimum atomic E-state index is -0.685. The van der Waals surface area contributed by atoms with E-state index in [-0.39, 0.29) is 40.2 Å². The third kappa shape index (κ3) is 13.1. The highest BCUT2D eigenvalue weighted by molar-refractivity contribution is 7.14. The van der Waals surface area contributed by atoms with Crippen LogP contribution in [0, 0.1) is 11.2 Å². The van der Waals surface area contributed by atoms with Crippen LogP contribution in [-0.2, 0) is 25.7 Å². The molecular formula is C62H71FN10O5S. The number of nitrogens with two attached hydrogens (primary N) is 1. The molecule has 0 aliphatic carbocycles. The standard InChI is InChI=1S/C62H71FN10O5S/c1-7-62(4,60(77)70-49-26-36-79-56(49)44-16-11-15-43(37-44)41-21-19-40(20-22-41)39-71(6)55(59(76)65-5)42-13-9-8-10-14-42)28-35-78-61(2,3)27-25-51(74)66-29-30-72-31-33-73(34-32-72)45-23-24-47-50(38-45)68-57(67-47)53-54(64)52-46(63)17-12-18-48(52)69-58(53)75/h8-24,26,36-38,55H,7,25,27-35,39H2,1-6H3,(H,65,76)(H,66,74)(H,67,68)(H,70,77)(H3,64,69,75). The number of benzene rings is 5. The van der Waals surface area contributed by atoms with Crippen LogP contribution < -0.4 is 32.1 Å². The number of pyridine rings is 1. The summed E-state index contributed by atoms with van der Waals surface area (Å²) in [5.74, 6) is -0.380. The van der Waals surface area contributed by atoms with Crippen molar-refractivity contribution in [3.63, 3.8) is 0 Å². The van der Waals surface area contributed by atoms with E-state index in [0.717, 1.165) is 82.3 Å². The fourth-order valence-corrected chi connectivity index (χ4v) is 11.2. The van der Waals surface area contributed by atoms with Crippen LogP contribution in [0.3, 0.4) is 0 Å². The summed E-state index contributed by atoms with van der Waals surface area (Å²) in [6, 6.07) is 38.5. The summed E-state index contributed by atoms with van der Waals surface area (Å²) in [6.45, 7) is 13.5. The van der Waals surface area contributed by atoms with Gasteiger partial charge in [-0.25, -0.2) is 9.37 Å². The average molecular weight is 1090 g/mol. The maximum atomic E-state index is 14.7. The summed E-state index contributed by atoms with van der Waals surface area (Å²) in [4.78, 5) is 71.3. The molecule has 4 heterocycles. The van der Waals surface area contributed by atoms with E-state index in [2.05, 4.69) is 88.1 Å². The van der Waals surface area contributed by atoms with Crippen LogP contribution in [0.4, 0.5) is 21.5 Å². The van der Waals surface area contributed by atoms with Gasteiger partial charge in [0.05, 0.1) is 43.8 Å². The number of carbonyl (C=O) groups is 3. The Morgan fingerprint density at radius 2 is 1.61 bits per heavy atom. The molecule has 0 bridgehead atoms. The lowest BCUT2D eigenvalue weighted by atomic mass is 9.83. The highest BCUT2D eigenvalue weighted by Gasteiger charge is 2.33. The molecule has 0 spiro atoms. The molecule has 9 rings (SSSR count). The van der Waals surface area contributed by atoms with E-state index >= 15 is 0 Å². The van der Waals surface area contributed by atoms with Gasteiger partial charge in [0.15, 0.2) is 0 Å². The molecule has 1 aliphatic rings. The van der Waals surface area contributed by atoms with Crippen molar-refractivity contribution in [2.24, 2.45) is 5.41 Å². The number of halogens is 1. The smallest absolute Gasteiger partial charge is 0.261 e. The van der Waals surface area contributed by atoms with Gasteiger partial charge in [-0.1, -0.05) is 92.7 Å². The summed E-state index contributed by atoms with van der Waals surface area (Å²) >= 11 is 1.59. The number of thiophene rings is 1. The van der Waals surface area contributed by atoms with E-state index in [1.165, 1.54) is 12.1 Å². The van der Waals surface area contributed by atoms with E-state index in [1.54, 1.807) is 24.5 Å². The Morgan fingerprint density at radius 1 is 0.861 bits per heavy atom. The van der Waals surface area contributed by atoms with Crippen molar-refractivity contribution < 1.29 is 23.5 Å². The molecule has 1 saturated heterocycles. The molecule has 0 radical (unpaired) electrons. The molecule has 3 amide bonds. The van der Waals surface area contributed by atoms with Crippen molar-refractivity contribution in [2.45, 2.75) is 71.6 Å². The van der Waals surface area contributed by atoms with Crippen LogP contribution in [0.5, 0.6) is 0 Å². The third-order valence-electron chi connectivity index (χ3n) is 15.5. The van der Waals surface area contributed by atoms with E-state index in [9.17, 15) is 23.6 Å². The number of fused-ring (bicyclic) bond motifs is 2. The lowest BCUT2D eigenvalue weighted by Gasteiger charge is -2.36. The van der Waals surface area contributed by atoms with Crippen LogP contribution in [-0.4, -0.2) is 108 Å². The number of aromatic amines is 2. The van der Waals surface area contributed by atoms with Gasteiger partial charge < -0.3 is 41.3 Å². The lowest BCUT2D eigenvalue weighted by molar-refractivity contribution is -0.127. The molecular weight excluding hydrogens is 1020 g/mol. The van der Waals surface area contributed by atoms with Crippen molar-refractivity contribution in [2.75, 3.05) is 75.9 Å². The zero-order chi connectivity index (χ0) is 55.8. The number of carbonyl (C=O) groups excluding carboxylic acids is 3. The maximum absolute atomic E-state index is 14.7. The number of ether oxygens (including phenoxy) is 1. The second-order valence-electron chi connectivity index (χ2n) is 21.4. The number of hydrogen-bond donors (Lipinski definition) is 6. The second kappa shape index (κ2) is 24.5. The Labute approximate surface area is 464 Å². The number of nitrogens with one attached hydrogen (secondary N) is 5. The molecule has 5 aromatic carbocycles. The van der Waals surface area contributed by atoms with E-state index in [4.69, 9.17) is 10.5 Å². The Balaban J connectivity index is 0.701. The molecule has 2 atom stereocenters. The first-order chi connectivity index (χ1) is 38.0. The van der Waals surface area contributed by atoms with Gasteiger partial charge in [0.2, 0.25) is 17.7 Å². The molecule has 3 aromatic heterocycles. The molecule has 412 valence electrons. The fourth-order valence-electron chi connectivity index (χ4n) is 10.3. The molecule has 79 heavy (non-hydrogen) atoms. The first kappa shape index (κ1) is 56.0. The van der Waals surface area contributed by atoms with Crippen molar-refractivity contribution in [3.05, 3.63) is 154 Å². The normalized spacial score (nSPS) is 14.4. The van der Waals surface area contributed by atoms with Gasteiger partial charge in [-0.3, -0.25) is 29.0 Å². The van der Waals surface area contributed by atoms with Crippen molar-refractivity contribution in [3.8, 4) is 33.0 Å². The van der Waals surface area contributed by atoms with Gasteiger partial charge >= 0.3 is 0 Å². The van der Waals surface area contributed by atoms with Crippen LogP contribution >= 0.6 is 11.3 Å². The van der Waals surface area contributed by atoms with Crippen LogP contribution in [0.25, 0.3) is 54.9 Å². The Hall–Kier alpha value is -7.70. The first-order valence-electron chi connectivity index (χ1n) is 27.1. The van der Waals surface area contributed by atoms with Gasteiger partial charge in [0.1, 0.15) is 23.2 Å². The van der Waals surface area contributed by atoms with Gasteiger partial charge in [0, 0.05) is 77.0 Å². The fraction of sp³-hybridized carbons (Fsp3) is 0.339. The molecule has 2 unspecified atom stereocenters. The number of aromatic nitrogens is 3. The number of piperazine rings is 1. The summed E-state index contributed by atoms with van der Waals surface area (Å²) in [5, 5.41) is 11.3. The Kier molecular flexibility index (Phi) is 17.4. The summed E-state index contributed by atoms with van der Waals surface area (Å²) in [7, 11) is 3.63. The Bertz CT molecular complexity index is 3500. The molecule has 1 aliphatic heterocycles. The van der Waals surface area contributed by atoms with E-state index in [1.807, 2.05) is 101 Å². The van der Waals surface area contributed by atoms with Gasteiger partial charge in [-0.15, -0.1) is 11.3 Å². The number of nitrogens with zero attached hydrogens (tertiary/aromatic N) is 4. The van der Waals surface area contributed by atoms with Gasteiger partial charge in [-0.05, 0) is 116 Å². The van der Waals surface area contributed by atoms with Crippen molar-refractivity contribution in [1.29, 1.82) is 0 Å². The first-order valence-corrected chi connectivity index (χ1v) is 27.9. The molecule has 8 aromatic rings. The highest BCUT2D eigenvalue weighted by atomic mass is 32.1. The van der Waals surface area contributed by atoms with E-state index in [0.29, 0.717) is 56.4 Å². The predicted octanol–water partition coefficient (Wildman–Crippen LogP) is 10.4. The number of anilines is 3. The monoisotopic (exact) mass is 1090 g/mol. The van der Waals surface area contributed by atoms with E-state index < -0.39 is 28.4 Å². The molecule has 15 nitrogen and oxygen atoms in total. The predicted molar refractivity (Wildman–Crippen MR) is 317 cm³/mol. The topological polar surface area (TPSA) is 194 Å². The minimum absolute atomic E-state index is 0.0238. The summed E-state index contributed by atoms with van der Waals surface area (Å²) < 4.78 is 21.1. The molecule has 7 N–H and O–H groups in total. The van der Waals surface area contributed by atoms with Crippen LogP contribution in [0.1, 0.15) is 70.5 Å². The average Bonchev–Trinajstić information content (AvgIpc) is 4.30. The van der Waals surface area contributed by atoms with Crippen LogP contribution in [0.2, 0.25) is 0 Å². The van der Waals surface area contributed by atoms with Crippen molar-refractivity contribution in [1.82, 2.24) is 35.4 Å². The number of rotatable bonds is 22. The third-order valence-corrected chi connectivity index (χ3v) is 16.4. The molecule has 0 saturated carbocycles. The highest BCUT2D eigenvalue weighted by Crippen LogP contribution is 2.38. The zero-order valence-electron chi connectivity index (χ0n) is 45.9. The van der Waals surface area contributed by atoms with Gasteiger partial charge in [-0.2, -0.15) is 0 Å². The largest absolute Gasteiger partial charge is 0.397 e. The number of hydrogen-bond acceptors (Lipinski definition) is 11. The number of likely N-dealkylation sites (N-methyl/N-ethyl adjacent to an activating group) is 2. The quantitative estimate of drug-likeness (QED) is 0.0380. The molecule has 17 heteroatoms. The van der Waals surface area contributed by atoms with Crippen molar-refractivity contribution >= 4 is 68.1 Å². The molecule has 1 fully saturated rings. The number of nitrogen functional groups attached to an aromatic ring is 1. The minimum Gasteiger partial charge on any atom is -0.397 e. The van der Waals surface area contributed by atoms with Gasteiger partial charge in [0.25, 0.3) is 5.56 Å².